The number of hydrogen-bond acceptors (Lipinski definition) is 7. The van der Waals surface area contributed by atoms with E-state index in [1.807, 2.05) is 0 Å². The van der Waals surface area contributed by atoms with Crippen molar-refractivity contribution < 1.29 is 24.0 Å². The summed E-state index contributed by atoms with van der Waals surface area (Å²) < 4.78 is 10.2. The van der Waals surface area contributed by atoms with Gasteiger partial charge in [0.05, 0.1) is 17.1 Å². The fraction of sp³-hybridized carbons (Fsp3) is 0.500. The number of carbonyl (C=O) groups excluding carboxylic acids is 2. The highest BCUT2D eigenvalue weighted by Gasteiger charge is 2.28. The molecule has 0 aliphatic heterocycles. The van der Waals surface area contributed by atoms with Crippen LogP contribution in [0.3, 0.4) is 0 Å². The topological polar surface area (TPSA) is 108 Å². The summed E-state index contributed by atoms with van der Waals surface area (Å²) in [7, 11) is 1.54. The van der Waals surface area contributed by atoms with Gasteiger partial charge in [-0.3, -0.25) is 14.9 Å². The summed E-state index contributed by atoms with van der Waals surface area (Å²) in [6, 6.07) is 3.91. The smallest absolute Gasteiger partial charge is 0.341 e. The summed E-state index contributed by atoms with van der Waals surface area (Å²) in [6.45, 7) is 0.837. The van der Waals surface area contributed by atoms with Crippen molar-refractivity contribution in [3.05, 3.63) is 33.9 Å². The number of methoxy groups -OCH3 is 1. The molecule has 8 heteroatoms. The van der Waals surface area contributed by atoms with Crippen molar-refractivity contribution in [2.45, 2.75) is 31.8 Å². The molecular formula is C16H20N2O6. The molecule has 0 bridgehead atoms. The van der Waals surface area contributed by atoms with Gasteiger partial charge in [0, 0.05) is 37.9 Å². The molecule has 2 rings (SSSR count). The first-order valence-corrected chi connectivity index (χ1v) is 7.78. The molecule has 0 heterocycles. The Bertz CT molecular complexity index is 631. The quantitative estimate of drug-likeness (QED) is 0.352. The highest BCUT2D eigenvalue weighted by atomic mass is 16.6. The zero-order valence-electron chi connectivity index (χ0n) is 13.4. The number of hydrogen-bond donors (Lipinski definition) is 1. The molecule has 1 N–H and O–H groups in total. The molecule has 1 aromatic carbocycles. The Hall–Kier alpha value is -2.48. The number of non-ortho nitro benzene ring substituents is 1. The lowest BCUT2D eigenvalue weighted by Crippen LogP contribution is -2.30. The number of ether oxygens (including phenoxy) is 2. The van der Waals surface area contributed by atoms with Crippen LogP contribution in [0.5, 0.6) is 0 Å². The number of nitro benzene ring substituents is 1. The van der Waals surface area contributed by atoms with Gasteiger partial charge in [-0.2, -0.15) is 0 Å². The monoisotopic (exact) mass is 336 g/mol. The Balaban J connectivity index is 2.20. The van der Waals surface area contributed by atoms with E-state index in [0.717, 1.165) is 18.9 Å². The van der Waals surface area contributed by atoms with Crippen molar-refractivity contribution in [2.24, 2.45) is 0 Å². The van der Waals surface area contributed by atoms with Crippen LogP contribution in [0.15, 0.2) is 18.2 Å². The summed E-state index contributed by atoms with van der Waals surface area (Å²) in [5.41, 5.74) is 0.235. The second-order valence-corrected chi connectivity index (χ2v) is 5.51. The Morgan fingerprint density at radius 1 is 1.42 bits per heavy atom. The maximum absolute atomic E-state index is 12.4. The first kappa shape index (κ1) is 17.9. The number of nitrogens with zero attached hydrogens (tertiary/aromatic N) is 1. The molecule has 24 heavy (non-hydrogen) atoms. The van der Waals surface area contributed by atoms with Gasteiger partial charge in [-0.1, -0.05) is 0 Å². The summed E-state index contributed by atoms with van der Waals surface area (Å²) in [5, 5.41) is 13.9. The zero-order chi connectivity index (χ0) is 17.5. The van der Waals surface area contributed by atoms with E-state index in [4.69, 9.17) is 9.47 Å². The second-order valence-electron chi connectivity index (χ2n) is 5.51. The zero-order valence-corrected chi connectivity index (χ0v) is 13.4. The highest BCUT2D eigenvalue weighted by Crippen LogP contribution is 2.25. The van der Waals surface area contributed by atoms with Gasteiger partial charge in [-0.05, 0) is 25.3 Å². The van der Waals surface area contributed by atoms with E-state index in [-0.39, 0.29) is 17.0 Å². The largest absolute Gasteiger partial charge is 0.451 e. The standard InChI is InChI=1S/C16H20N2O6/c1-23-9-8-17-13-7-6-11(18(21)22)10-12(13)16(20)24-15-5-3-2-4-14(15)19/h6-7,10,15,17H,2-5,8-9H2,1H3/t15-/m0/s1. The molecule has 1 aliphatic rings. The number of anilines is 1. The third kappa shape index (κ3) is 4.51. The first-order valence-electron chi connectivity index (χ1n) is 7.78. The fourth-order valence-electron chi connectivity index (χ4n) is 2.52. The van der Waals surface area contributed by atoms with Crippen molar-refractivity contribution in [3.8, 4) is 0 Å². The van der Waals surface area contributed by atoms with Crippen molar-refractivity contribution in [3.63, 3.8) is 0 Å². The summed E-state index contributed by atoms with van der Waals surface area (Å²) in [6.07, 6.45) is 1.74. The lowest BCUT2D eigenvalue weighted by molar-refractivity contribution is -0.384. The van der Waals surface area contributed by atoms with Crippen LogP contribution in [0.25, 0.3) is 0 Å². The highest BCUT2D eigenvalue weighted by molar-refractivity contribution is 5.98. The van der Waals surface area contributed by atoms with Crippen molar-refractivity contribution >= 4 is 23.1 Å². The minimum atomic E-state index is -0.766. The van der Waals surface area contributed by atoms with Gasteiger partial charge in [-0.25, -0.2) is 4.79 Å². The molecule has 1 fully saturated rings. The summed E-state index contributed by atoms with van der Waals surface area (Å²) in [5.74, 6) is -0.840. The summed E-state index contributed by atoms with van der Waals surface area (Å²) in [4.78, 5) is 34.6. The number of rotatable bonds is 7. The Labute approximate surface area is 139 Å². The van der Waals surface area contributed by atoms with E-state index >= 15 is 0 Å². The molecule has 0 unspecified atom stereocenters. The molecule has 1 atom stereocenters. The van der Waals surface area contributed by atoms with Crippen LogP contribution in [-0.2, 0) is 14.3 Å². The van der Waals surface area contributed by atoms with Crippen LogP contribution in [0, 0.1) is 10.1 Å². The average molecular weight is 336 g/mol. The van der Waals surface area contributed by atoms with Crippen molar-refractivity contribution in [1.82, 2.24) is 0 Å². The van der Waals surface area contributed by atoms with Crippen LogP contribution < -0.4 is 5.32 Å². The number of carbonyl (C=O) groups is 2. The molecular weight excluding hydrogens is 316 g/mol. The van der Waals surface area contributed by atoms with Gasteiger partial charge in [-0.15, -0.1) is 0 Å². The van der Waals surface area contributed by atoms with Gasteiger partial charge in [0.15, 0.2) is 11.9 Å². The lowest BCUT2D eigenvalue weighted by Gasteiger charge is -2.21. The number of ketones is 1. The number of nitrogens with one attached hydrogen (secondary N) is 1. The molecule has 1 aliphatic carbocycles. The molecule has 0 saturated heterocycles. The van der Waals surface area contributed by atoms with Crippen molar-refractivity contribution in [2.75, 3.05) is 25.6 Å². The fourth-order valence-corrected chi connectivity index (χ4v) is 2.52. The Morgan fingerprint density at radius 2 is 2.21 bits per heavy atom. The van der Waals surface area contributed by atoms with Crippen molar-refractivity contribution in [1.29, 1.82) is 0 Å². The van der Waals surface area contributed by atoms with Gasteiger partial charge >= 0.3 is 5.97 Å². The maximum atomic E-state index is 12.4. The lowest BCUT2D eigenvalue weighted by atomic mass is 9.96. The van der Waals surface area contributed by atoms with Gasteiger partial charge in [0.25, 0.3) is 5.69 Å². The van der Waals surface area contributed by atoms with E-state index in [1.54, 1.807) is 7.11 Å². The Morgan fingerprint density at radius 3 is 2.88 bits per heavy atom. The van der Waals surface area contributed by atoms with Gasteiger partial charge < -0.3 is 14.8 Å². The maximum Gasteiger partial charge on any atom is 0.341 e. The van der Waals surface area contributed by atoms with E-state index in [9.17, 15) is 19.7 Å². The number of Topliss-reactive ketones (excluding diaryl/α,β-unsaturated/α-hetero) is 1. The normalized spacial score (nSPS) is 17.4. The Kier molecular flexibility index (Phi) is 6.25. The van der Waals surface area contributed by atoms with Crippen LogP contribution in [0.2, 0.25) is 0 Å². The molecule has 0 radical (unpaired) electrons. The van der Waals surface area contributed by atoms with E-state index in [0.29, 0.717) is 31.7 Å². The molecule has 0 spiro atoms. The number of nitro groups is 1. The third-order valence-electron chi connectivity index (χ3n) is 3.80. The van der Waals surface area contributed by atoms with E-state index < -0.39 is 17.0 Å². The predicted octanol–water partition coefficient (Wildman–Crippen LogP) is 2.32. The van der Waals surface area contributed by atoms with Crippen LogP contribution >= 0.6 is 0 Å². The van der Waals surface area contributed by atoms with Crippen LogP contribution in [0.4, 0.5) is 11.4 Å². The minimum absolute atomic E-state index is 0.0404. The SMILES string of the molecule is COCCNc1ccc([N+](=O)[O-])cc1C(=O)O[C@H]1CCCCC1=O. The minimum Gasteiger partial charge on any atom is -0.451 e. The number of benzene rings is 1. The third-order valence-corrected chi connectivity index (χ3v) is 3.80. The van der Waals surface area contributed by atoms with E-state index in [1.165, 1.54) is 12.1 Å². The second kappa shape index (κ2) is 8.39. The molecule has 0 amide bonds. The van der Waals surface area contributed by atoms with Gasteiger partial charge in [0.1, 0.15) is 0 Å². The van der Waals surface area contributed by atoms with Crippen LogP contribution in [-0.4, -0.2) is 43.0 Å². The van der Waals surface area contributed by atoms with Crippen LogP contribution in [0.1, 0.15) is 36.0 Å². The molecule has 8 nitrogen and oxygen atoms in total. The predicted molar refractivity (Wildman–Crippen MR) is 86.1 cm³/mol. The van der Waals surface area contributed by atoms with E-state index in [2.05, 4.69) is 5.32 Å². The molecule has 1 aromatic rings. The first-order chi connectivity index (χ1) is 11.5. The molecule has 0 aromatic heterocycles. The number of esters is 1. The average Bonchev–Trinajstić information content (AvgIpc) is 2.57. The van der Waals surface area contributed by atoms with Gasteiger partial charge in [0.2, 0.25) is 0 Å². The molecule has 1 saturated carbocycles. The summed E-state index contributed by atoms with van der Waals surface area (Å²) >= 11 is 0. The molecule has 130 valence electrons.